The number of hydrogen-bond donors (Lipinski definition) is 1. The average molecular weight is 619 g/mol. The van der Waals surface area contributed by atoms with E-state index in [0.29, 0.717) is 85.4 Å². The van der Waals surface area contributed by atoms with Gasteiger partial charge in [-0.3, -0.25) is 0 Å². The maximum absolute atomic E-state index is 14.2. The van der Waals surface area contributed by atoms with Crippen molar-refractivity contribution in [2.45, 2.75) is 71.2 Å². The van der Waals surface area contributed by atoms with Crippen LogP contribution >= 0.6 is 0 Å². The van der Waals surface area contributed by atoms with Crippen LogP contribution < -0.4 is 9.64 Å². The van der Waals surface area contributed by atoms with Crippen molar-refractivity contribution in [3.8, 4) is 11.6 Å². The van der Waals surface area contributed by atoms with Crippen LogP contribution in [0, 0.1) is 12.7 Å². The molecular weight excluding hydrogens is 579 g/mol. The number of ether oxygens (including phenoxy) is 3. The SMILES string of the molecule is Cc1nc2cc3nn2c(c1[C@H](OC(C)(C)C)C(=O)O)N1CCC(C)(CC1)OC/C=C/COc1ccc(F)cc1Cc1cnn-3c1. The van der Waals surface area contributed by atoms with Crippen LogP contribution in [0.4, 0.5) is 10.2 Å². The van der Waals surface area contributed by atoms with Crippen molar-refractivity contribution in [2.24, 2.45) is 0 Å². The number of nitrogens with zero attached hydrogens (tertiary/aromatic N) is 6. The zero-order chi connectivity index (χ0) is 31.9. The minimum absolute atomic E-state index is 0.323. The van der Waals surface area contributed by atoms with Gasteiger partial charge in [-0.1, -0.05) is 6.08 Å². The molecule has 45 heavy (non-hydrogen) atoms. The molecule has 1 atom stereocenters. The first-order chi connectivity index (χ1) is 21.4. The Balaban J connectivity index is 1.49. The van der Waals surface area contributed by atoms with Crippen molar-refractivity contribution in [1.29, 1.82) is 0 Å². The smallest absolute Gasteiger partial charge is 0.337 e. The average Bonchev–Trinajstić information content (AvgIpc) is 3.61. The third kappa shape index (κ3) is 6.57. The van der Waals surface area contributed by atoms with Crippen LogP contribution in [0.25, 0.3) is 11.5 Å². The van der Waals surface area contributed by atoms with Crippen LogP contribution in [-0.2, 0) is 20.7 Å². The number of fused-ring (bicyclic) bond motifs is 6. The molecule has 3 aromatic heterocycles. The van der Waals surface area contributed by atoms with Crippen LogP contribution in [0.15, 0.2) is 48.8 Å². The summed E-state index contributed by atoms with van der Waals surface area (Å²) in [6.45, 7) is 11.4. The highest BCUT2D eigenvalue weighted by Gasteiger charge is 2.37. The fraction of sp³-hybridized carbons (Fsp3) is 0.455. The lowest BCUT2D eigenvalue weighted by atomic mass is 9.92. The molecule has 6 heterocycles. The summed E-state index contributed by atoms with van der Waals surface area (Å²) >= 11 is 0. The molecule has 7 rings (SSSR count). The summed E-state index contributed by atoms with van der Waals surface area (Å²) in [5.41, 5.74) is 2.01. The Labute approximate surface area is 261 Å². The van der Waals surface area contributed by atoms with Gasteiger partial charge in [0.15, 0.2) is 17.6 Å². The van der Waals surface area contributed by atoms with Gasteiger partial charge < -0.3 is 24.2 Å². The van der Waals surface area contributed by atoms with E-state index in [4.69, 9.17) is 24.3 Å². The molecule has 11 nitrogen and oxygen atoms in total. The van der Waals surface area contributed by atoms with E-state index in [1.165, 1.54) is 12.1 Å². The summed E-state index contributed by atoms with van der Waals surface area (Å²) in [6.07, 6.45) is 7.96. The molecule has 238 valence electrons. The standard InChI is InChI=1S/C33H39FN6O5/c1-21-28(29(31(41)42)45-32(2,3)4)30-38-12-10-33(5,11-13-38)44-15-7-6-14-43-25-9-8-24(34)17-23(25)16-22-19-35-39(20-22)27-18-26(36-21)40(30)37-27/h6-9,17-20,29H,10-16H2,1-5H3,(H,41,42)/b7-6+/t29-/m0/s1. The number of carboxylic acids is 1. The normalized spacial score (nSPS) is 18.4. The van der Waals surface area contributed by atoms with Crippen molar-refractivity contribution in [3.63, 3.8) is 0 Å². The Morgan fingerprint density at radius 2 is 1.91 bits per heavy atom. The molecule has 6 bridgehead atoms. The van der Waals surface area contributed by atoms with Gasteiger partial charge in [0.2, 0.25) is 0 Å². The summed E-state index contributed by atoms with van der Waals surface area (Å²) in [5, 5.41) is 19.8. The summed E-state index contributed by atoms with van der Waals surface area (Å²) < 4.78 is 36.0. The summed E-state index contributed by atoms with van der Waals surface area (Å²) in [7, 11) is 0. The fourth-order valence-electron chi connectivity index (χ4n) is 5.89. The van der Waals surface area contributed by atoms with E-state index in [1.807, 2.05) is 52.1 Å². The summed E-state index contributed by atoms with van der Waals surface area (Å²) in [6, 6.07) is 6.32. The molecule has 3 aliphatic heterocycles. The van der Waals surface area contributed by atoms with Gasteiger partial charge in [-0.05, 0) is 77.3 Å². The first-order valence-electron chi connectivity index (χ1n) is 15.2. The molecule has 1 aromatic carbocycles. The minimum atomic E-state index is -1.26. The van der Waals surface area contributed by atoms with E-state index < -0.39 is 17.7 Å². The third-order valence-corrected chi connectivity index (χ3v) is 8.19. The highest BCUT2D eigenvalue weighted by Crippen LogP contribution is 2.38. The Hall–Kier alpha value is -4.29. The topological polar surface area (TPSA) is 116 Å². The molecule has 1 saturated heterocycles. The molecule has 0 spiro atoms. The van der Waals surface area contributed by atoms with Gasteiger partial charge in [0, 0.05) is 43.0 Å². The minimum Gasteiger partial charge on any atom is -0.489 e. The molecule has 3 aliphatic rings. The number of hydrogen-bond acceptors (Lipinski definition) is 8. The molecule has 1 fully saturated rings. The van der Waals surface area contributed by atoms with Gasteiger partial charge in [-0.25, -0.2) is 18.9 Å². The number of aliphatic carboxylic acids is 1. The maximum Gasteiger partial charge on any atom is 0.337 e. The van der Waals surface area contributed by atoms with Crippen LogP contribution in [0.2, 0.25) is 0 Å². The molecule has 4 aromatic rings. The lowest BCUT2D eigenvalue weighted by Gasteiger charge is -2.41. The molecule has 0 unspecified atom stereocenters. The van der Waals surface area contributed by atoms with Crippen molar-refractivity contribution >= 4 is 17.4 Å². The Kier molecular flexibility index (Phi) is 8.13. The second-order valence-electron chi connectivity index (χ2n) is 12.9. The highest BCUT2D eigenvalue weighted by atomic mass is 19.1. The Morgan fingerprint density at radius 3 is 2.64 bits per heavy atom. The van der Waals surface area contributed by atoms with E-state index in [0.717, 1.165) is 5.56 Å². The lowest BCUT2D eigenvalue weighted by Crippen LogP contribution is -2.45. The predicted molar refractivity (Wildman–Crippen MR) is 166 cm³/mol. The predicted octanol–water partition coefficient (Wildman–Crippen LogP) is 5.22. The molecule has 0 aliphatic carbocycles. The number of anilines is 1. The monoisotopic (exact) mass is 618 g/mol. The highest BCUT2D eigenvalue weighted by molar-refractivity contribution is 5.78. The number of carboxylic acid groups (broad SMARTS) is 1. The van der Waals surface area contributed by atoms with E-state index in [2.05, 4.69) is 16.9 Å². The van der Waals surface area contributed by atoms with Crippen LogP contribution in [0.1, 0.15) is 69.0 Å². The van der Waals surface area contributed by atoms with Crippen molar-refractivity contribution in [1.82, 2.24) is 24.4 Å². The van der Waals surface area contributed by atoms with Crippen LogP contribution in [0.5, 0.6) is 5.75 Å². The van der Waals surface area contributed by atoms with Crippen molar-refractivity contribution in [2.75, 3.05) is 31.2 Å². The van der Waals surface area contributed by atoms with E-state index in [1.54, 1.807) is 21.5 Å². The second-order valence-corrected chi connectivity index (χ2v) is 12.9. The van der Waals surface area contributed by atoms with Gasteiger partial charge in [0.25, 0.3) is 0 Å². The van der Waals surface area contributed by atoms with E-state index in [9.17, 15) is 14.3 Å². The lowest BCUT2D eigenvalue weighted by molar-refractivity contribution is -0.160. The van der Waals surface area contributed by atoms with Crippen molar-refractivity contribution < 1.29 is 28.5 Å². The third-order valence-electron chi connectivity index (χ3n) is 8.19. The first kappa shape index (κ1) is 30.7. The number of benzene rings is 1. The number of piperidine rings is 1. The molecule has 0 radical (unpaired) electrons. The largest absolute Gasteiger partial charge is 0.489 e. The van der Waals surface area contributed by atoms with E-state index in [-0.39, 0.29) is 11.4 Å². The summed E-state index contributed by atoms with van der Waals surface area (Å²) in [4.78, 5) is 19.7. The molecule has 12 heteroatoms. The second kappa shape index (κ2) is 11.9. The number of aryl methyl sites for hydroxylation is 1. The zero-order valence-electron chi connectivity index (χ0n) is 26.3. The number of aromatic nitrogens is 5. The quantitative estimate of drug-likeness (QED) is 0.309. The van der Waals surface area contributed by atoms with Gasteiger partial charge in [0.05, 0.1) is 29.6 Å². The van der Waals surface area contributed by atoms with Gasteiger partial charge >= 0.3 is 5.97 Å². The number of carbonyl (C=O) groups is 1. The molecular formula is C33H39FN6O5. The summed E-state index contributed by atoms with van der Waals surface area (Å²) in [5.74, 6) is 0.292. The van der Waals surface area contributed by atoms with Gasteiger partial charge in [-0.2, -0.15) is 9.61 Å². The number of halogens is 1. The molecule has 0 amide bonds. The fourth-order valence-corrected chi connectivity index (χ4v) is 5.89. The maximum atomic E-state index is 14.2. The zero-order valence-corrected chi connectivity index (χ0v) is 26.3. The molecule has 0 saturated carbocycles. The van der Waals surface area contributed by atoms with Crippen LogP contribution in [0.3, 0.4) is 0 Å². The molecule has 1 N–H and O–H groups in total. The van der Waals surface area contributed by atoms with Gasteiger partial charge in [-0.15, -0.1) is 5.10 Å². The van der Waals surface area contributed by atoms with Crippen LogP contribution in [-0.4, -0.2) is 73.0 Å². The Bertz CT molecular complexity index is 1750. The van der Waals surface area contributed by atoms with Crippen molar-refractivity contribution in [3.05, 3.63) is 77.0 Å². The van der Waals surface area contributed by atoms with E-state index >= 15 is 0 Å². The first-order valence-corrected chi connectivity index (χ1v) is 15.2. The number of rotatable bonds is 3. The van der Waals surface area contributed by atoms with Gasteiger partial charge in [0.1, 0.15) is 24.0 Å². The Morgan fingerprint density at radius 1 is 1.16 bits per heavy atom.